The van der Waals surface area contributed by atoms with Gasteiger partial charge >= 0.3 is 5.97 Å². The Morgan fingerprint density at radius 1 is 0.760 bits per heavy atom. The number of carboxylic acid groups (broad SMARTS) is 1. The summed E-state index contributed by atoms with van der Waals surface area (Å²) >= 11 is 0. The first-order chi connectivity index (χ1) is 23.8. The van der Waals surface area contributed by atoms with Crippen molar-refractivity contribution in [3.8, 4) is 22.8 Å². The minimum atomic E-state index is -0.865. The van der Waals surface area contributed by atoms with Gasteiger partial charge in [-0.1, -0.05) is 86.5 Å². The number of hydrogen-bond acceptors (Lipinski definition) is 8. The predicted octanol–water partition coefficient (Wildman–Crippen LogP) is 7.23. The third-order valence-electron chi connectivity index (χ3n) is 7.22. The largest absolute Gasteiger partial charge is 0.478 e. The van der Waals surface area contributed by atoms with Crippen molar-refractivity contribution >= 4 is 11.8 Å². The maximum Gasteiger partial charge on any atom is 0.335 e. The number of hydrogen-bond donors (Lipinski definition) is 5. The second-order valence-corrected chi connectivity index (χ2v) is 12.2. The monoisotopic (exact) mass is 688 g/mol. The van der Waals surface area contributed by atoms with Gasteiger partial charge in [-0.2, -0.15) is 4.98 Å². The molecular weight excluding hydrogens is 646 g/mol. The van der Waals surface area contributed by atoms with Crippen LogP contribution in [0.3, 0.4) is 0 Å². The molecule has 0 saturated carbocycles. The van der Waals surface area contributed by atoms with Crippen LogP contribution in [0.2, 0.25) is 0 Å². The molecule has 0 bridgehead atoms. The fourth-order valence-corrected chi connectivity index (χ4v) is 4.67. The van der Waals surface area contributed by atoms with Gasteiger partial charge in [0.2, 0.25) is 5.82 Å². The molecule has 264 valence electrons. The molecule has 1 heterocycles. The molecule has 0 radical (unpaired) electrons. The summed E-state index contributed by atoms with van der Waals surface area (Å²) in [6.45, 7) is 7.93. The molecule has 5 rings (SSSR count). The molecule has 0 unspecified atom stereocenters. The zero-order valence-corrected chi connectivity index (χ0v) is 28.3. The number of halogens is 2. The lowest BCUT2D eigenvalue weighted by atomic mass is 10.0. The van der Waals surface area contributed by atoms with E-state index in [0.29, 0.717) is 34.7 Å². The Balaban J connectivity index is 0.000000221. The van der Waals surface area contributed by atoms with Crippen LogP contribution in [0.25, 0.3) is 22.8 Å². The normalized spacial score (nSPS) is 11.1. The molecule has 0 amide bonds. The van der Waals surface area contributed by atoms with E-state index in [1.807, 2.05) is 24.3 Å². The molecule has 0 spiro atoms. The van der Waals surface area contributed by atoms with E-state index in [1.54, 1.807) is 18.2 Å². The van der Waals surface area contributed by atoms with Gasteiger partial charge in [0.05, 0.1) is 18.8 Å². The average Bonchev–Trinajstić information content (AvgIpc) is 3.59. The molecule has 50 heavy (non-hydrogen) atoms. The number of aliphatic hydroxyl groups excluding tert-OH is 2. The summed E-state index contributed by atoms with van der Waals surface area (Å²) in [7, 11) is 0. The number of amidine groups is 1. The van der Waals surface area contributed by atoms with E-state index >= 15 is 0 Å². The molecule has 12 heteroatoms. The number of carboxylic acids is 1. The topological polar surface area (TPSA) is 175 Å². The van der Waals surface area contributed by atoms with Gasteiger partial charge in [-0.25, -0.2) is 13.6 Å². The number of oxime groups is 1. The second kappa shape index (κ2) is 18.9. The zero-order chi connectivity index (χ0) is 36.8. The highest BCUT2D eigenvalue weighted by atomic mass is 19.1. The predicted molar refractivity (Wildman–Crippen MR) is 186 cm³/mol. The number of rotatable bonds is 10. The first-order valence-electron chi connectivity index (χ1n) is 15.9. The fraction of sp³-hybridized carbons (Fsp3) is 0.263. The summed E-state index contributed by atoms with van der Waals surface area (Å²) in [5.74, 6) is -0.170. The molecule has 4 aromatic carbocycles. The van der Waals surface area contributed by atoms with Crippen molar-refractivity contribution in [1.29, 1.82) is 0 Å². The van der Waals surface area contributed by atoms with Crippen LogP contribution in [-0.4, -0.2) is 42.5 Å². The van der Waals surface area contributed by atoms with Crippen LogP contribution < -0.4 is 5.73 Å². The quantitative estimate of drug-likeness (QED) is 0.0439. The highest BCUT2D eigenvalue weighted by Gasteiger charge is 2.13. The van der Waals surface area contributed by atoms with E-state index in [1.165, 1.54) is 35.4 Å². The summed E-state index contributed by atoms with van der Waals surface area (Å²) in [4.78, 5) is 14.9. The van der Waals surface area contributed by atoms with E-state index in [-0.39, 0.29) is 35.7 Å². The van der Waals surface area contributed by atoms with Crippen molar-refractivity contribution in [1.82, 2.24) is 10.1 Å². The molecule has 1 aromatic heterocycles. The van der Waals surface area contributed by atoms with Crippen LogP contribution in [0.15, 0.2) is 94.6 Å². The van der Waals surface area contributed by atoms with Gasteiger partial charge in [-0.05, 0) is 72.2 Å². The Bertz CT molecular complexity index is 1860. The third kappa shape index (κ3) is 11.6. The Hall–Kier alpha value is -5.46. The van der Waals surface area contributed by atoms with E-state index in [4.69, 9.17) is 30.8 Å². The van der Waals surface area contributed by atoms with Crippen LogP contribution in [0, 0.1) is 23.5 Å². The Morgan fingerprint density at radius 3 is 1.70 bits per heavy atom. The first kappa shape index (κ1) is 39.0. The summed E-state index contributed by atoms with van der Waals surface area (Å²) in [5.41, 5.74) is 10.1. The van der Waals surface area contributed by atoms with Gasteiger partial charge in [-0.15, -0.1) is 0 Å². The van der Waals surface area contributed by atoms with Crippen LogP contribution in [0.5, 0.6) is 0 Å². The highest BCUT2D eigenvalue weighted by Crippen LogP contribution is 2.24. The van der Waals surface area contributed by atoms with Crippen LogP contribution >= 0.6 is 0 Å². The van der Waals surface area contributed by atoms with E-state index in [2.05, 4.69) is 55.1 Å². The van der Waals surface area contributed by atoms with E-state index < -0.39 is 17.6 Å². The van der Waals surface area contributed by atoms with Crippen molar-refractivity contribution in [2.45, 2.75) is 53.8 Å². The Kier molecular flexibility index (Phi) is 14.7. The molecule has 10 nitrogen and oxygen atoms in total. The second-order valence-electron chi connectivity index (χ2n) is 12.2. The van der Waals surface area contributed by atoms with Gasteiger partial charge in [0.25, 0.3) is 5.89 Å². The number of aromatic nitrogens is 2. The number of aliphatic hydroxyl groups is 2. The number of nitrogens with zero attached hydrogens (tertiary/aromatic N) is 3. The van der Waals surface area contributed by atoms with Crippen LogP contribution in [0.4, 0.5) is 8.78 Å². The summed E-state index contributed by atoms with van der Waals surface area (Å²) in [6.07, 6.45) is 2.02. The molecule has 5 aromatic rings. The summed E-state index contributed by atoms with van der Waals surface area (Å²) in [6, 6.07) is 23.5. The van der Waals surface area contributed by atoms with Crippen molar-refractivity contribution in [3.63, 3.8) is 0 Å². The number of nitrogens with two attached hydrogens (primary N) is 1. The molecule has 0 saturated heterocycles. The standard InChI is InChI=1S/C19H19FN2O2.C11H14O2.C8H9FN2O2/c1-12(2)9-13-3-5-14(6-4-13)19-21-18(22-24-19)15-7-8-16(11-23)17(20)10-15;1-8(2)7-9-3-5-10(6-4-9)11(12)13;9-7-3-5(8(10)11-13)1-2-6(7)4-12/h3-8,10,12,23H,9,11H2,1-2H3;3-6,8H,7H2,1-2H3,(H,12,13);1-3,12-13H,4H2,(H2,10,11). The lowest BCUT2D eigenvalue weighted by Gasteiger charge is -2.04. The number of aromatic carboxylic acids is 1. The number of carbonyl (C=O) groups is 1. The van der Waals surface area contributed by atoms with Crippen molar-refractivity contribution < 1.29 is 38.6 Å². The molecule has 0 fully saturated rings. The smallest absolute Gasteiger partial charge is 0.335 e. The lowest BCUT2D eigenvalue weighted by molar-refractivity contribution is 0.0697. The maximum atomic E-state index is 13.8. The zero-order valence-electron chi connectivity index (χ0n) is 28.3. The van der Waals surface area contributed by atoms with Gasteiger partial charge in [0.1, 0.15) is 11.6 Å². The van der Waals surface area contributed by atoms with Gasteiger partial charge in [-0.3, -0.25) is 0 Å². The lowest BCUT2D eigenvalue weighted by Crippen LogP contribution is -2.13. The van der Waals surface area contributed by atoms with E-state index in [9.17, 15) is 13.6 Å². The fourth-order valence-electron chi connectivity index (χ4n) is 4.67. The SMILES string of the molecule is CC(C)Cc1ccc(-c2nc(-c3ccc(CO)c(F)c3)no2)cc1.CC(C)Cc1ccc(C(=O)O)cc1.N/C(=N\O)c1ccc(CO)c(F)c1. The molecule has 0 aliphatic rings. The highest BCUT2D eigenvalue weighted by molar-refractivity contribution is 5.97. The summed E-state index contributed by atoms with van der Waals surface area (Å²) < 4.78 is 32.1. The Morgan fingerprint density at radius 2 is 1.24 bits per heavy atom. The van der Waals surface area contributed by atoms with Crippen molar-refractivity contribution in [3.05, 3.63) is 130 Å². The molecule has 0 aliphatic carbocycles. The molecule has 0 aliphatic heterocycles. The van der Waals surface area contributed by atoms with Crippen LogP contribution in [0.1, 0.15) is 65.9 Å². The van der Waals surface area contributed by atoms with Crippen molar-refractivity contribution in [2.24, 2.45) is 22.7 Å². The molecule has 0 atom stereocenters. The maximum absolute atomic E-state index is 13.8. The Labute approximate surface area is 289 Å². The van der Waals surface area contributed by atoms with E-state index in [0.717, 1.165) is 24.5 Å². The summed E-state index contributed by atoms with van der Waals surface area (Å²) in [5, 5.41) is 41.3. The van der Waals surface area contributed by atoms with Gasteiger partial charge in [0.15, 0.2) is 5.84 Å². The number of benzene rings is 4. The van der Waals surface area contributed by atoms with Gasteiger partial charge in [0, 0.05) is 27.8 Å². The average molecular weight is 689 g/mol. The van der Waals surface area contributed by atoms with Crippen molar-refractivity contribution in [2.75, 3.05) is 0 Å². The molecule has 6 N–H and O–H groups in total. The minimum Gasteiger partial charge on any atom is -0.478 e. The van der Waals surface area contributed by atoms with Crippen LogP contribution in [-0.2, 0) is 26.1 Å². The van der Waals surface area contributed by atoms with Gasteiger partial charge < -0.3 is 30.8 Å². The first-order valence-corrected chi connectivity index (χ1v) is 15.9. The third-order valence-corrected chi connectivity index (χ3v) is 7.22. The minimum absolute atomic E-state index is 0.164. The molecular formula is C38H42F2N4O6.